The molecular formula is C14H12F3NO2. The molecule has 1 aromatic heterocycles. The Hall–Kier alpha value is -2.24. The van der Waals surface area contributed by atoms with Crippen LogP contribution in [0.5, 0.6) is 0 Å². The third-order valence-electron chi connectivity index (χ3n) is 2.73. The molecule has 0 saturated carbocycles. The molecule has 0 radical (unpaired) electrons. The zero-order valence-corrected chi connectivity index (χ0v) is 10.7. The molecule has 0 unspecified atom stereocenters. The number of nitrogens with zero attached hydrogens (tertiary/aromatic N) is 1. The van der Waals surface area contributed by atoms with Crippen molar-refractivity contribution in [3.8, 4) is 11.5 Å². The number of aryl methyl sites for hydroxylation is 1. The second kappa shape index (κ2) is 5.03. The number of allylic oxidation sites excluding steroid dienone is 1. The van der Waals surface area contributed by atoms with Crippen molar-refractivity contribution in [2.75, 3.05) is 0 Å². The van der Waals surface area contributed by atoms with Gasteiger partial charge >= 0.3 is 6.18 Å². The molecule has 0 amide bonds. The number of alkyl halides is 3. The molecule has 2 aromatic rings. The zero-order chi connectivity index (χ0) is 14.9. The highest BCUT2D eigenvalue weighted by Crippen LogP contribution is 2.34. The van der Waals surface area contributed by atoms with Crippen LogP contribution >= 0.6 is 0 Å². The Labute approximate surface area is 113 Å². The molecule has 0 fully saturated rings. The van der Waals surface area contributed by atoms with Gasteiger partial charge < -0.3 is 9.52 Å². The van der Waals surface area contributed by atoms with Crippen molar-refractivity contribution in [2.24, 2.45) is 0 Å². The number of halogens is 3. The van der Waals surface area contributed by atoms with Crippen LogP contribution in [0.1, 0.15) is 16.8 Å². The van der Waals surface area contributed by atoms with Crippen LogP contribution in [0.25, 0.3) is 11.5 Å². The number of benzene rings is 1. The number of rotatable bonds is 3. The summed E-state index contributed by atoms with van der Waals surface area (Å²) < 4.78 is 43.6. The molecular weight excluding hydrogens is 271 g/mol. The van der Waals surface area contributed by atoms with E-state index in [2.05, 4.69) is 11.6 Å². The minimum absolute atomic E-state index is 0.0757. The largest absolute Gasteiger partial charge is 0.513 e. The first kappa shape index (κ1) is 14.2. The third kappa shape index (κ3) is 3.01. The molecule has 0 aliphatic heterocycles. The van der Waals surface area contributed by atoms with Crippen molar-refractivity contribution >= 4 is 0 Å². The molecule has 1 N–H and O–H groups in total. The van der Waals surface area contributed by atoms with Crippen LogP contribution in [0.4, 0.5) is 13.2 Å². The summed E-state index contributed by atoms with van der Waals surface area (Å²) in [6, 6.07) is 3.87. The van der Waals surface area contributed by atoms with Crippen LogP contribution in [-0.2, 0) is 12.6 Å². The van der Waals surface area contributed by atoms with Gasteiger partial charge in [0, 0.05) is 12.0 Å². The van der Waals surface area contributed by atoms with Crippen LogP contribution < -0.4 is 0 Å². The smallest absolute Gasteiger partial charge is 0.416 e. The Balaban J connectivity index is 2.38. The van der Waals surface area contributed by atoms with E-state index >= 15 is 0 Å². The number of oxazole rings is 1. The van der Waals surface area contributed by atoms with E-state index in [1.807, 2.05) is 0 Å². The van der Waals surface area contributed by atoms with E-state index < -0.39 is 11.7 Å². The number of aliphatic hydroxyl groups is 1. The quantitative estimate of drug-likeness (QED) is 0.855. The van der Waals surface area contributed by atoms with Gasteiger partial charge in [0.05, 0.1) is 17.0 Å². The van der Waals surface area contributed by atoms with E-state index in [9.17, 15) is 13.2 Å². The SMILES string of the molecule is C=C(O)Cc1coc(-c2ccc(C)c(C(F)(F)F)c2)n1. The van der Waals surface area contributed by atoms with Crippen LogP contribution in [0, 0.1) is 6.92 Å². The average molecular weight is 283 g/mol. The molecule has 20 heavy (non-hydrogen) atoms. The summed E-state index contributed by atoms with van der Waals surface area (Å²) in [5.74, 6) is -0.0171. The summed E-state index contributed by atoms with van der Waals surface area (Å²) in [7, 11) is 0. The molecule has 3 nitrogen and oxygen atoms in total. The molecule has 6 heteroatoms. The van der Waals surface area contributed by atoms with Crippen LogP contribution in [0.3, 0.4) is 0 Å². The predicted molar refractivity (Wildman–Crippen MR) is 67.2 cm³/mol. The predicted octanol–water partition coefficient (Wildman–Crippen LogP) is 4.28. The molecule has 1 aromatic carbocycles. The minimum atomic E-state index is -4.42. The summed E-state index contributed by atoms with van der Waals surface area (Å²) >= 11 is 0. The molecule has 0 spiro atoms. The number of hydrogen-bond donors (Lipinski definition) is 1. The fraction of sp³-hybridized carbons (Fsp3) is 0.214. The van der Waals surface area contributed by atoms with Crippen molar-refractivity contribution in [3.05, 3.63) is 53.6 Å². The zero-order valence-electron chi connectivity index (χ0n) is 10.7. The van der Waals surface area contributed by atoms with Gasteiger partial charge in [0.2, 0.25) is 5.89 Å². The summed E-state index contributed by atoms with van der Waals surface area (Å²) in [5.41, 5.74) is 0.0532. The van der Waals surface area contributed by atoms with Gasteiger partial charge in [-0.15, -0.1) is 0 Å². The van der Waals surface area contributed by atoms with Crippen molar-refractivity contribution < 1.29 is 22.7 Å². The first-order valence-corrected chi connectivity index (χ1v) is 5.76. The van der Waals surface area contributed by atoms with Gasteiger partial charge in [-0.2, -0.15) is 13.2 Å². The maximum absolute atomic E-state index is 12.8. The van der Waals surface area contributed by atoms with E-state index in [4.69, 9.17) is 9.52 Å². The highest BCUT2D eigenvalue weighted by Gasteiger charge is 2.32. The summed E-state index contributed by atoms with van der Waals surface area (Å²) in [4.78, 5) is 4.02. The number of aliphatic hydroxyl groups excluding tert-OH is 1. The highest BCUT2D eigenvalue weighted by molar-refractivity contribution is 5.56. The number of aromatic nitrogens is 1. The standard InChI is InChI=1S/C14H12F3NO2/c1-8-3-4-10(6-12(8)14(15,16)17)13-18-11(7-20-13)5-9(2)19/h3-4,6-7,19H,2,5H2,1H3. The van der Waals surface area contributed by atoms with Gasteiger partial charge in [-0.1, -0.05) is 12.6 Å². The maximum atomic E-state index is 12.8. The monoisotopic (exact) mass is 283 g/mol. The molecule has 1 heterocycles. The summed E-state index contributed by atoms with van der Waals surface area (Å²) in [5, 5.41) is 9.05. The number of hydrogen-bond acceptors (Lipinski definition) is 3. The van der Waals surface area contributed by atoms with Crippen LogP contribution in [-0.4, -0.2) is 10.1 Å². The van der Waals surface area contributed by atoms with E-state index in [0.717, 1.165) is 6.07 Å². The van der Waals surface area contributed by atoms with Crippen LogP contribution in [0.15, 0.2) is 41.2 Å². The van der Waals surface area contributed by atoms with Gasteiger partial charge in [-0.25, -0.2) is 4.98 Å². The lowest BCUT2D eigenvalue weighted by Gasteiger charge is -2.10. The van der Waals surface area contributed by atoms with Crippen molar-refractivity contribution in [1.82, 2.24) is 4.98 Å². The Morgan fingerprint density at radius 2 is 2.10 bits per heavy atom. The minimum Gasteiger partial charge on any atom is -0.513 e. The molecule has 0 saturated heterocycles. The molecule has 0 atom stereocenters. The van der Waals surface area contributed by atoms with E-state index in [1.54, 1.807) is 0 Å². The van der Waals surface area contributed by atoms with Gasteiger partial charge in [0.1, 0.15) is 6.26 Å². The lowest BCUT2D eigenvalue weighted by atomic mass is 10.0. The Morgan fingerprint density at radius 1 is 1.40 bits per heavy atom. The van der Waals surface area contributed by atoms with Gasteiger partial charge in [0.25, 0.3) is 0 Å². The fourth-order valence-corrected chi connectivity index (χ4v) is 1.79. The third-order valence-corrected chi connectivity index (χ3v) is 2.73. The van der Waals surface area contributed by atoms with Gasteiger partial charge in [-0.3, -0.25) is 0 Å². The molecule has 0 aliphatic rings. The molecule has 0 aliphatic carbocycles. The highest BCUT2D eigenvalue weighted by atomic mass is 19.4. The van der Waals surface area contributed by atoms with Crippen molar-refractivity contribution in [2.45, 2.75) is 19.5 Å². The molecule has 106 valence electrons. The second-order valence-electron chi connectivity index (χ2n) is 4.41. The van der Waals surface area contributed by atoms with Gasteiger partial charge in [-0.05, 0) is 24.6 Å². The van der Waals surface area contributed by atoms with Crippen molar-refractivity contribution in [3.63, 3.8) is 0 Å². The topological polar surface area (TPSA) is 46.3 Å². The molecule has 2 rings (SSSR count). The average Bonchev–Trinajstić information content (AvgIpc) is 2.75. The van der Waals surface area contributed by atoms with Gasteiger partial charge in [0.15, 0.2) is 0 Å². The Kier molecular flexibility index (Phi) is 3.57. The second-order valence-corrected chi connectivity index (χ2v) is 4.41. The Bertz CT molecular complexity index is 644. The van der Waals surface area contributed by atoms with Crippen molar-refractivity contribution in [1.29, 1.82) is 0 Å². The normalized spacial score (nSPS) is 11.6. The van der Waals surface area contributed by atoms with E-state index in [0.29, 0.717) is 5.69 Å². The van der Waals surface area contributed by atoms with Crippen LogP contribution in [0.2, 0.25) is 0 Å². The van der Waals surface area contributed by atoms with E-state index in [1.165, 1.54) is 25.3 Å². The fourth-order valence-electron chi connectivity index (χ4n) is 1.79. The summed E-state index contributed by atoms with van der Waals surface area (Å²) in [6.45, 7) is 4.71. The summed E-state index contributed by atoms with van der Waals surface area (Å²) in [6.07, 6.45) is -3.04. The first-order valence-electron chi connectivity index (χ1n) is 5.76. The molecule has 0 bridgehead atoms. The van der Waals surface area contributed by atoms with E-state index in [-0.39, 0.29) is 29.2 Å². The first-order chi connectivity index (χ1) is 9.27. The lowest BCUT2D eigenvalue weighted by Crippen LogP contribution is -2.07. The maximum Gasteiger partial charge on any atom is 0.416 e. The lowest BCUT2D eigenvalue weighted by molar-refractivity contribution is -0.138. The Morgan fingerprint density at radius 3 is 2.70 bits per heavy atom.